The van der Waals surface area contributed by atoms with Crippen LogP contribution in [-0.2, 0) is 17.9 Å². The molecule has 0 atom stereocenters. The van der Waals surface area contributed by atoms with Crippen LogP contribution in [0.2, 0.25) is 0 Å². The largest absolute Gasteiger partial charge is 0.340 e. The fourth-order valence-corrected chi connectivity index (χ4v) is 4.05. The number of benzene rings is 2. The van der Waals surface area contributed by atoms with E-state index in [1.807, 2.05) is 4.90 Å². The molecule has 1 N–H and O–H groups in total. The zero-order chi connectivity index (χ0) is 21.1. The first-order valence-electron chi connectivity index (χ1n) is 10.3. The highest BCUT2D eigenvalue weighted by Crippen LogP contribution is 2.12. The lowest BCUT2D eigenvalue weighted by atomic mass is 10.1. The number of aromatic nitrogens is 2. The molecule has 2 aromatic carbocycles. The minimum Gasteiger partial charge on any atom is -0.340 e. The molecule has 30 heavy (non-hydrogen) atoms. The van der Waals surface area contributed by atoms with Crippen molar-refractivity contribution < 1.29 is 4.79 Å². The molecule has 7 heteroatoms. The first kappa shape index (κ1) is 20.1. The molecule has 1 fully saturated rings. The maximum absolute atomic E-state index is 12.7. The Morgan fingerprint density at radius 2 is 1.77 bits per heavy atom. The molecule has 0 aliphatic carbocycles. The number of hydrogen-bond acceptors (Lipinski definition) is 4. The van der Waals surface area contributed by atoms with Crippen LogP contribution in [-0.4, -0.2) is 51.4 Å². The van der Waals surface area contributed by atoms with Gasteiger partial charge in [0.1, 0.15) is 0 Å². The number of nitrogens with zero attached hydrogens (tertiary/aromatic N) is 3. The normalized spacial score (nSPS) is 14.9. The third-order valence-electron chi connectivity index (χ3n) is 5.67. The van der Waals surface area contributed by atoms with Crippen molar-refractivity contribution in [3.05, 3.63) is 80.5 Å². The molecule has 2 heterocycles. The summed E-state index contributed by atoms with van der Waals surface area (Å²) in [5.74, 6) is 0.0346. The number of H-pyrrole nitrogens is 1. The van der Waals surface area contributed by atoms with Crippen LogP contribution >= 0.6 is 0 Å². The zero-order valence-corrected chi connectivity index (χ0v) is 17.1. The number of piperazine rings is 1. The first-order chi connectivity index (χ1) is 14.5. The highest BCUT2D eigenvalue weighted by atomic mass is 16.2. The van der Waals surface area contributed by atoms with Crippen LogP contribution in [0.3, 0.4) is 0 Å². The molecule has 3 aromatic rings. The second-order valence-electron chi connectivity index (χ2n) is 7.82. The Bertz CT molecular complexity index is 1170. The van der Waals surface area contributed by atoms with Crippen molar-refractivity contribution in [3.63, 3.8) is 0 Å². The third kappa shape index (κ3) is 4.36. The SMILES string of the molecule is Cc1cccc(CN2CCN(C(=O)CCn3c(=O)[nH]c(=O)c4ccccc43)CC2)c1. The monoisotopic (exact) mass is 406 g/mol. The third-order valence-corrected chi connectivity index (χ3v) is 5.67. The first-order valence-corrected chi connectivity index (χ1v) is 10.3. The molecule has 1 aliphatic heterocycles. The fraction of sp³-hybridized carbons (Fsp3) is 0.348. The van der Waals surface area contributed by atoms with Crippen LogP contribution in [0.1, 0.15) is 17.5 Å². The number of para-hydroxylation sites is 1. The van der Waals surface area contributed by atoms with Gasteiger partial charge in [0.05, 0.1) is 10.9 Å². The zero-order valence-electron chi connectivity index (χ0n) is 17.1. The number of rotatable bonds is 5. The number of carbonyl (C=O) groups is 1. The predicted molar refractivity (Wildman–Crippen MR) is 116 cm³/mol. The minimum atomic E-state index is -0.477. The summed E-state index contributed by atoms with van der Waals surface area (Å²) in [5, 5.41) is 0.453. The summed E-state index contributed by atoms with van der Waals surface area (Å²) < 4.78 is 1.47. The van der Waals surface area contributed by atoms with Gasteiger partial charge < -0.3 is 4.90 Å². The lowest BCUT2D eigenvalue weighted by molar-refractivity contribution is -0.133. The van der Waals surface area contributed by atoms with E-state index >= 15 is 0 Å². The van der Waals surface area contributed by atoms with Gasteiger partial charge in [-0.1, -0.05) is 42.0 Å². The van der Waals surface area contributed by atoms with Crippen molar-refractivity contribution in [2.24, 2.45) is 0 Å². The van der Waals surface area contributed by atoms with Crippen LogP contribution in [0.4, 0.5) is 0 Å². The Morgan fingerprint density at radius 3 is 2.53 bits per heavy atom. The van der Waals surface area contributed by atoms with Crippen LogP contribution in [0, 0.1) is 6.92 Å². The van der Waals surface area contributed by atoms with Crippen LogP contribution in [0.5, 0.6) is 0 Å². The molecule has 1 saturated heterocycles. The molecule has 156 valence electrons. The number of amides is 1. The molecule has 0 bridgehead atoms. The lowest BCUT2D eigenvalue weighted by Gasteiger charge is -2.35. The topological polar surface area (TPSA) is 78.4 Å². The Balaban J connectivity index is 1.35. The van der Waals surface area contributed by atoms with Gasteiger partial charge in [0.15, 0.2) is 0 Å². The standard InChI is InChI=1S/C23H26N4O3/c1-17-5-4-6-18(15-17)16-25-11-13-26(14-12-25)21(28)9-10-27-20-8-3-2-7-19(20)22(29)24-23(27)30/h2-8,15H,9-14,16H2,1H3,(H,24,29,30). The van der Waals surface area contributed by atoms with Crippen molar-refractivity contribution in [1.29, 1.82) is 0 Å². The summed E-state index contributed by atoms with van der Waals surface area (Å²) in [7, 11) is 0. The number of nitrogens with one attached hydrogen (secondary N) is 1. The van der Waals surface area contributed by atoms with Crippen molar-refractivity contribution >= 4 is 16.8 Å². The van der Waals surface area contributed by atoms with Gasteiger partial charge in [-0.25, -0.2) is 4.79 Å². The number of hydrogen-bond donors (Lipinski definition) is 1. The quantitative estimate of drug-likeness (QED) is 0.700. The molecule has 0 unspecified atom stereocenters. The maximum Gasteiger partial charge on any atom is 0.328 e. The van der Waals surface area contributed by atoms with E-state index in [4.69, 9.17) is 0 Å². The highest BCUT2D eigenvalue weighted by Gasteiger charge is 2.21. The summed E-state index contributed by atoms with van der Waals surface area (Å²) >= 11 is 0. The number of aryl methyl sites for hydroxylation is 2. The minimum absolute atomic E-state index is 0.0346. The van der Waals surface area contributed by atoms with E-state index in [1.54, 1.807) is 24.3 Å². The van der Waals surface area contributed by atoms with Gasteiger partial charge in [-0.3, -0.25) is 24.0 Å². The Morgan fingerprint density at radius 1 is 1.00 bits per heavy atom. The van der Waals surface area contributed by atoms with E-state index in [9.17, 15) is 14.4 Å². The summed E-state index contributed by atoms with van der Waals surface area (Å²) in [6.07, 6.45) is 0.230. The molecular weight excluding hydrogens is 380 g/mol. The summed E-state index contributed by atoms with van der Waals surface area (Å²) in [6.45, 7) is 6.28. The number of carbonyl (C=O) groups excluding carboxylic acids is 1. The molecule has 0 saturated carbocycles. The van der Waals surface area contributed by atoms with Crippen molar-refractivity contribution in [2.45, 2.75) is 26.4 Å². The molecular formula is C23H26N4O3. The predicted octanol–water partition coefficient (Wildman–Crippen LogP) is 1.73. The molecule has 0 spiro atoms. The highest BCUT2D eigenvalue weighted by molar-refractivity contribution is 5.79. The van der Waals surface area contributed by atoms with Gasteiger partial charge in [-0.15, -0.1) is 0 Å². The average Bonchev–Trinajstić information content (AvgIpc) is 2.74. The van der Waals surface area contributed by atoms with E-state index in [-0.39, 0.29) is 18.9 Å². The van der Waals surface area contributed by atoms with Gasteiger partial charge in [0.2, 0.25) is 5.91 Å². The maximum atomic E-state index is 12.7. The average molecular weight is 406 g/mol. The molecule has 1 amide bonds. The van der Waals surface area contributed by atoms with Gasteiger partial charge in [0, 0.05) is 45.7 Å². The van der Waals surface area contributed by atoms with Crippen LogP contribution in [0.15, 0.2) is 58.1 Å². The van der Waals surface area contributed by atoms with E-state index in [1.165, 1.54) is 15.7 Å². The summed E-state index contributed by atoms with van der Waals surface area (Å²) in [5.41, 5.74) is 2.23. The van der Waals surface area contributed by atoms with Crippen molar-refractivity contribution in [1.82, 2.24) is 19.4 Å². The van der Waals surface area contributed by atoms with E-state index in [0.717, 1.165) is 19.6 Å². The Kier molecular flexibility index (Phi) is 5.81. The molecule has 0 radical (unpaired) electrons. The van der Waals surface area contributed by atoms with Crippen LogP contribution < -0.4 is 11.2 Å². The van der Waals surface area contributed by atoms with E-state index in [2.05, 4.69) is 41.1 Å². The fourth-order valence-electron chi connectivity index (χ4n) is 4.05. The molecule has 7 nitrogen and oxygen atoms in total. The van der Waals surface area contributed by atoms with Crippen molar-refractivity contribution in [2.75, 3.05) is 26.2 Å². The number of fused-ring (bicyclic) bond motifs is 1. The Labute approximate surface area is 174 Å². The second-order valence-corrected chi connectivity index (χ2v) is 7.82. The van der Waals surface area contributed by atoms with Gasteiger partial charge in [0.25, 0.3) is 5.56 Å². The van der Waals surface area contributed by atoms with E-state index in [0.29, 0.717) is 24.0 Å². The van der Waals surface area contributed by atoms with Gasteiger partial charge >= 0.3 is 5.69 Å². The van der Waals surface area contributed by atoms with E-state index < -0.39 is 11.2 Å². The van der Waals surface area contributed by atoms with Crippen LogP contribution in [0.25, 0.3) is 10.9 Å². The smallest absolute Gasteiger partial charge is 0.328 e. The summed E-state index contributed by atoms with van der Waals surface area (Å²) in [6, 6.07) is 15.5. The molecule has 1 aliphatic rings. The Hall–Kier alpha value is -3.19. The molecule has 4 rings (SSSR count). The van der Waals surface area contributed by atoms with Gasteiger partial charge in [-0.2, -0.15) is 0 Å². The summed E-state index contributed by atoms with van der Waals surface area (Å²) in [4.78, 5) is 43.5. The van der Waals surface area contributed by atoms with Crippen molar-refractivity contribution in [3.8, 4) is 0 Å². The number of aromatic amines is 1. The second kappa shape index (κ2) is 8.67. The van der Waals surface area contributed by atoms with Gasteiger partial charge in [-0.05, 0) is 24.6 Å². The molecule has 1 aromatic heterocycles. The lowest BCUT2D eigenvalue weighted by Crippen LogP contribution is -2.48.